The van der Waals surface area contributed by atoms with Gasteiger partial charge in [0.2, 0.25) is 5.76 Å². The second-order valence-corrected chi connectivity index (χ2v) is 4.64. The molecular formula is C17H15NO3. The maximum atomic E-state index is 11.3. The highest BCUT2D eigenvalue weighted by molar-refractivity contribution is 5.93. The molecule has 4 heteroatoms. The minimum Gasteiger partial charge on any atom is -0.463 e. The van der Waals surface area contributed by atoms with E-state index in [-0.39, 0.29) is 5.76 Å². The molecule has 0 unspecified atom stereocenters. The number of anilines is 1. The maximum absolute atomic E-state index is 11.3. The molecule has 1 aromatic heterocycles. The van der Waals surface area contributed by atoms with E-state index >= 15 is 0 Å². The monoisotopic (exact) mass is 281 g/mol. The number of methoxy groups -OCH3 is 1. The number of ether oxygens (including phenoxy) is 1. The van der Waals surface area contributed by atoms with Gasteiger partial charge in [-0.2, -0.15) is 0 Å². The summed E-state index contributed by atoms with van der Waals surface area (Å²) in [6, 6.07) is 17.7. The lowest BCUT2D eigenvalue weighted by Gasteiger charge is -2.08. The molecule has 3 aromatic rings. The van der Waals surface area contributed by atoms with Gasteiger partial charge in [0.1, 0.15) is 5.76 Å². The van der Waals surface area contributed by atoms with Crippen LogP contribution in [0.4, 0.5) is 5.69 Å². The topological polar surface area (TPSA) is 51.5 Å². The van der Waals surface area contributed by atoms with E-state index in [2.05, 4.69) is 28.3 Å². The first-order valence-corrected chi connectivity index (χ1v) is 6.66. The molecule has 0 saturated carbocycles. The third-order valence-corrected chi connectivity index (χ3v) is 3.29. The average Bonchev–Trinajstić information content (AvgIpc) is 3.01. The number of hydrogen-bond acceptors (Lipinski definition) is 4. The van der Waals surface area contributed by atoms with Crippen LogP contribution < -0.4 is 5.32 Å². The summed E-state index contributed by atoms with van der Waals surface area (Å²) < 4.78 is 10.1. The number of esters is 1. The van der Waals surface area contributed by atoms with Gasteiger partial charge in [0.05, 0.1) is 13.7 Å². The van der Waals surface area contributed by atoms with Crippen LogP contribution in [0.25, 0.3) is 10.8 Å². The van der Waals surface area contributed by atoms with Crippen LogP contribution in [0.1, 0.15) is 16.3 Å². The Morgan fingerprint density at radius 3 is 2.76 bits per heavy atom. The Labute approximate surface area is 122 Å². The molecule has 1 N–H and O–H groups in total. The number of benzene rings is 2. The summed E-state index contributed by atoms with van der Waals surface area (Å²) in [4.78, 5) is 11.3. The first-order chi connectivity index (χ1) is 10.3. The van der Waals surface area contributed by atoms with E-state index in [9.17, 15) is 4.79 Å². The fourth-order valence-corrected chi connectivity index (χ4v) is 2.25. The van der Waals surface area contributed by atoms with Gasteiger partial charge in [-0.3, -0.25) is 0 Å². The maximum Gasteiger partial charge on any atom is 0.373 e. The predicted octanol–water partition coefficient (Wildman–Crippen LogP) is 3.83. The normalized spacial score (nSPS) is 10.5. The molecular weight excluding hydrogens is 266 g/mol. The van der Waals surface area contributed by atoms with Gasteiger partial charge in [0.25, 0.3) is 0 Å². The van der Waals surface area contributed by atoms with Crippen LogP contribution in [-0.2, 0) is 11.3 Å². The molecule has 0 radical (unpaired) electrons. The van der Waals surface area contributed by atoms with E-state index < -0.39 is 5.97 Å². The lowest BCUT2D eigenvalue weighted by molar-refractivity contribution is 0.0563. The van der Waals surface area contributed by atoms with Gasteiger partial charge in [-0.15, -0.1) is 0 Å². The van der Waals surface area contributed by atoms with Crippen molar-refractivity contribution in [2.75, 3.05) is 12.4 Å². The first kappa shape index (κ1) is 13.2. The van der Waals surface area contributed by atoms with Crippen molar-refractivity contribution in [2.45, 2.75) is 6.54 Å². The van der Waals surface area contributed by atoms with Crippen molar-refractivity contribution in [3.05, 3.63) is 66.1 Å². The summed E-state index contributed by atoms with van der Waals surface area (Å²) in [5.74, 6) is 0.432. The Kier molecular flexibility index (Phi) is 3.60. The van der Waals surface area contributed by atoms with Crippen LogP contribution in [0.5, 0.6) is 0 Å². The molecule has 3 rings (SSSR count). The molecule has 0 bridgehead atoms. The molecule has 0 aliphatic heterocycles. The van der Waals surface area contributed by atoms with Crippen LogP contribution in [0, 0.1) is 0 Å². The number of hydrogen-bond donors (Lipinski definition) is 1. The molecule has 0 fully saturated rings. The van der Waals surface area contributed by atoms with Gasteiger partial charge in [-0.25, -0.2) is 4.79 Å². The fraction of sp³-hybridized carbons (Fsp3) is 0.118. The molecule has 4 nitrogen and oxygen atoms in total. The third-order valence-electron chi connectivity index (χ3n) is 3.29. The first-order valence-electron chi connectivity index (χ1n) is 6.66. The average molecular weight is 281 g/mol. The molecule has 0 atom stereocenters. The zero-order chi connectivity index (χ0) is 14.7. The van der Waals surface area contributed by atoms with E-state index in [0.29, 0.717) is 12.3 Å². The summed E-state index contributed by atoms with van der Waals surface area (Å²) in [5, 5.41) is 5.66. The standard InChI is InChI=1S/C17H15NO3/c1-20-17(19)16-10-9-13(21-16)11-18-15-8-4-6-12-5-2-3-7-14(12)15/h2-10,18H,11H2,1H3. The van der Waals surface area contributed by atoms with Crippen molar-refractivity contribution in [1.82, 2.24) is 0 Å². The Hall–Kier alpha value is -2.75. The quantitative estimate of drug-likeness (QED) is 0.738. The number of furan rings is 1. The van der Waals surface area contributed by atoms with Crippen LogP contribution in [-0.4, -0.2) is 13.1 Å². The van der Waals surface area contributed by atoms with Gasteiger partial charge in [0.15, 0.2) is 0 Å². The van der Waals surface area contributed by atoms with Gasteiger partial charge in [-0.1, -0.05) is 36.4 Å². The summed E-state index contributed by atoms with van der Waals surface area (Å²) in [7, 11) is 1.33. The molecule has 0 saturated heterocycles. The predicted molar refractivity (Wildman–Crippen MR) is 81.3 cm³/mol. The second-order valence-electron chi connectivity index (χ2n) is 4.64. The van der Waals surface area contributed by atoms with Crippen molar-refractivity contribution >= 4 is 22.4 Å². The fourth-order valence-electron chi connectivity index (χ4n) is 2.25. The Morgan fingerprint density at radius 2 is 1.90 bits per heavy atom. The Morgan fingerprint density at radius 1 is 1.10 bits per heavy atom. The SMILES string of the molecule is COC(=O)c1ccc(CNc2cccc3ccccc23)o1. The number of nitrogens with one attached hydrogen (secondary N) is 1. The summed E-state index contributed by atoms with van der Waals surface area (Å²) in [5.41, 5.74) is 1.03. The molecule has 0 aliphatic rings. The Bertz CT molecular complexity index is 771. The third kappa shape index (κ3) is 2.74. The van der Waals surface area contributed by atoms with Gasteiger partial charge >= 0.3 is 5.97 Å². The van der Waals surface area contributed by atoms with Crippen molar-refractivity contribution in [3.63, 3.8) is 0 Å². The smallest absolute Gasteiger partial charge is 0.373 e. The highest BCUT2D eigenvalue weighted by Gasteiger charge is 2.11. The molecule has 1 heterocycles. The number of rotatable bonds is 4. The molecule has 0 spiro atoms. The van der Waals surface area contributed by atoms with E-state index in [0.717, 1.165) is 11.1 Å². The summed E-state index contributed by atoms with van der Waals surface area (Å²) in [6.45, 7) is 0.505. The van der Waals surface area contributed by atoms with Gasteiger partial charge in [-0.05, 0) is 23.6 Å². The zero-order valence-corrected chi connectivity index (χ0v) is 11.6. The molecule has 0 amide bonds. The minimum atomic E-state index is -0.466. The van der Waals surface area contributed by atoms with E-state index in [4.69, 9.17) is 4.42 Å². The molecule has 2 aromatic carbocycles. The Balaban J connectivity index is 1.77. The van der Waals surface area contributed by atoms with E-state index in [1.807, 2.05) is 24.3 Å². The largest absolute Gasteiger partial charge is 0.463 e. The second kappa shape index (κ2) is 5.71. The van der Waals surface area contributed by atoms with Gasteiger partial charge in [0, 0.05) is 11.1 Å². The molecule has 0 aliphatic carbocycles. The summed E-state index contributed by atoms with van der Waals surface area (Å²) in [6.07, 6.45) is 0. The number of carbonyl (C=O) groups is 1. The van der Waals surface area contributed by atoms with E-state index in [1.165, 1.54) is 12.5 Å². The van der Waals surface area contributed by atoms with Gasteiger partial charge < -0.3 is 14.5 Å². The lowest BCUT2D eigenvalue weighted by Crippen LogP contribution is -2.00. The zero-order valence-electron chi connectivity index (χ0n) is 11.6. The van der Waals surface area contributed by atoms with Crippen LogP contribution in [0.2, 0.25) is 0 Å². The van der Waals surface area contributed by atoms with E-state index in [1.54, 1.807) is 12.1 Å². The van der Waals surface area contributed by atoms with Crippen molar-refractivity contribution < 1.29 is 13.9 Å². The van der Waals surface area contributed by atoms with Crippen molar-refractivity contribution in [2.24, 2.45) is 0 Å². The number of fused-ring (bicyclic) bond motifs is 1. The molecule has 106 valence electrons. The van der Waals surface area contributed by atoms with Crippen LogP contribution in [0.15, 0.2) is 59.0 Å². The highest BCUT2D eigenvalue weighted by Crippen LogP contribution is 2.23. The van der Waals surface area contributed by atoms with Crippen molar-refractivity contribution in [3.8, 4) is 0 Å². The minimum absolute atomic E-state index is 0.215. The van der Waals surface area contributed by atoms with Crippen LogP contribution >= 0.6 is 0 Å². The van der Waals surface area contributed by atoms with Crippen LogP contribution in [0.3, 0.4) is 0 Å². The molecule has 21 heavy (non-hydrogen) atoms. The van der Waals surface area contributed by atoms with Crippen molar-refractivity contribution in [1.29, 1.82) is 0 Å². The lowest BCUT2D eigenvalue weighted by atomic mass is 10.1. The number of carbonyl (C=O) groups excluding carboxylic acids is 1. The highest BCUT2D eigenvalue weighted by atomic mass is 16.5. The summed E-state index contributed by atoms with van der Waals surface area (Å²) >= 11 is 0.